The van der Waals surface area contributed by atoms with Crippen molar-refractivity contribution in [3.05, 3.63) is 65.7 Å². The largest absolute Gasteiger partial charge is 0.452 e. The van der Waals surface area contributed by atoms with Crippen LogP contribution in [0.4, 0.5) is 0 Å². The van der Waals surface area contributed by atoms with Crippen LogP contribution in [0.1, 0.15) is 41.7 Å². The smallest absolute Gasteiger partial charge is 0.339 e. The minimum absolute atomic E-state index is 0.151. The second-order valence-corrected chi connectivity index (χ2v) is 7.78. The highest BCUT2D eigenvalue weighted by Crippen LogP contribution is 2.27. The summed E-state index contributed by atoms with van der Waals surface area (Å²) in [4.78, 5) is 25.5. The van der Waals surface area contributed by atoms with E-state index in [0.717, 1.165) is 35.7 Å². The Kier molecular flexibility index (Phi) is 7.51. The summed E-state index contributed by atoms with van der Waals surface area (Å²) in [6.07, 6.45) is 2.38. The average Bonchev–Trinajstić information content (AvgIpc) is 3.25. The van der Waals surface area contributed by atoms with Crippen molar-refractivity contribution >= 4 is 23.6 Å². The number of thioether (sulfide) groups is 1. The lowest BCUT2D eigenvalue weighted by molar-refractivity contribution is -0.124. The molecule has 148 valence electrons. The number of rotatable bonds is 8. The molecule has 2 aromatic rings. The molecule has 0 aliphatic carbocycles. The second kappa shape index (κ2) is 10.3. The van der Waals surface area contributed by atoms with E-state index >= 15 is 0 Å². The fourth-order valence-electron chi connectivity index (χ4n) is 3.04. The van der Waals surface area contributed by atoms with Gasteiger partial charge in [0, 0.05) is 17.3 Å². The van der Waals surface area contributed by atoms with E-state index in [2.05, 4.69) is 5.32 Å². The maximum absolute atomic E-state index is 12.5. The van der Waals surface area contributed by atoms with Crippen molar-refractivity contribution in [2.24, 2.45) is 0 Å². The predicted molar refractivity (Wildman–Crippen MR) is 109 cm³/mol. The molecular formula is C22H25NO4S. The van der Waals surface area contributed by atoms with Gasteiger partial charge in [-0.15, -0.1) is 11.8 Å². The van der Waals surface area contributed by atoms with Crippen LogP contribution < -0.4 is 5.32 Å². The van der Waals surface area contributed by atoms with Gasteiger partial charge in [0.15, 0.2) is 6.61 Å². The summed E-state index contributed by atoms with van der Waals surface area (Å²) in [5.41, 5.74) is 1.48. The molecule has 0 radical (unpaired) electrons. The minimum atomic E-state index is -0.488. The van der Waals surface area contributed by atoms with Crippen LogP contribution in [-0.4, -0.2) is 36.9 Å². The Morgan fingerprint density at radius 3 is 2.68 bits per heavy atom. The molecule has 28 heavy (non-hydrogen) atoms. The summed E-state index contributed by atoms with van der Waals surface area (Å²) in [7, 11) is 0. The Balaban J connectivity index is 1.50. The zero-order valence-corrected chi connectivity index (χ0v) is 16.7. The number of carbonyl (C=O) groups excluding carboxylic acids is 2. The van der Waals surface area contributed by atoms with Gasteiger partial charge in [0.25, 0.3) is 5.91 Å². The van der Waals surface area contributed by atoms with Crippen molar-refractivity contribution in [1.29, 1.82) is 0 Å². The van der Waals surface area contributed by atoms with E-state index in [1.807, 2.05) is 49.4 Å². The summed E-state index contributed by atoms with van der Waals surface area (Å²) in [5.74, 6) is -0.00790. The molecule has 5 nitrogen and oxygen atoms in total. The molecule has 1 amide bonds. The summed E-state index contributed by atoms with van der Waals surface area (Å²) in [6, 6.07) is 16.8. The summed E-state index contributed by atoms with van der Waals surface area (Å²) < 4.78 is 10.9. The highest BCUT2D eigenvalue weighted by Gasteiger charge is 2.19. The second-order valence-electron chi connectivity index (χ2n) is 6.72. The van der Waals surface area contributed by atoms with E-state index in [1.165, 1.54) is 0 Å². The van der Waals surface area contributed by atoms with Crippen molar-refractivity contribution in [1.82, 2.24) is 5.32 Å². The quantitative estimate of drug-likeness (QED) is 0.537. The van der Waals surface area contributed by atoms with Crippen molar-refractivity contribution in [2.45, 2.75) is 36.8 Å². The number of amides is 1. The highest BCUT2D eigenvalue weighted by atomic mass is 32.2. The molecule has 6 heteroatoms. The molecule has 1 N–H and O–H groups in total. The van der Waals surface area contributed by atoms with Crippen molar-refractivity contribution in [3.8, 4) is 0 Å². The molecule has 1 aliphatic rings. The van der Waals surface area contributed by atoms with Crippen LogP contribution in [0.2, 0.25) is 0 Å². The van der Waals surface area contributed by atoms with E-state index in [0.29, 0.717) is 5.56 Å². The molecule has 0 saturated carbocycles. The number of hydrogen-bond acceptors (Lipinski definition) is 5. The third-order valence-electron chi connectivity index (χ3n) is 4.57. The summed E-state index contributed by atoms with van der Waals surface area (Å²) in [5, 5.41) is 2.84. The lowest BCUT2D eigenvalue weighted by Gasteiger charge is -2.15. The van der Waals surface area contributed by atoms with Gasteiger partial charge in [-0.1, -0.05) is 42.5 Å². The minimum Gasteiger partial charge on any atom is -0.452 e. The normalized spacial score (nSPS) is 17.1. The van der Waals surface area contributed by atoms with Crippen LogP contribution in [0.15, 0.2) is 59.5 Å². The molecule has 3 rings (SSSR count). The summed E-state index contributed by atoms with van der Waals surface area (Å²) in [6.45, 7) is 2.40. The molecule has 1 aliphatic heterocycles. The van der Waals surface area contributed by atoms with Gasteiger partial charge in [-0.25, -0.2) is 4.79 Å². The number of esters is 1. The molecule has 0 unspecified atom stereocenters. The van der Waals surface area contributed by atoms with E-state index in [4.69, 9.17) is 9.47 Å². The maximum Gasteiger partial charge on any atom is 0.339 e. The Labute approximate surface area is 169 Å². The first-order chi connectivity index (χ1) is 13.6. The van der Waals surface area contributed by atoms with Crippen LogP contribution >= 0.6 is 11.8 Å². The van der Waals surface area contributed by atoms with E-state index < -0.39 is 5.97 Å². The molecule has 0 aromatic heterocycles. The third kappa shape index (κ3) is 5.84. The van der Waals surface area contributed by atoms with Crippen LogP contribution in [0.3, 0.4) is 0 Å². The van der Waals surface area contributed by atoms with E-state index in [-0.39, 0.29) is 24.7 Å². The fraction of sp³-hybridized carbons (Fsp3) is 0.364. The molecule has 0 spiro atoms. The number of benzene rings is 2. The Morgan fingerprint density at radius 2 is 1.93 bits per heavy atom. The van der Waals surface area contributed by atoms with Gasteiger partial charge in [-0.2, -0.15) is 0 Å². The van der Waals surface area contributed by atoms with Gasteiger partial charge in [0.2, 0.25) is 0 Å². The monoisotopic (exact) mass is 399 g/mol. The van der Waals surface area contributed by atoms with Gasteiger partial charge < -0.3 is 14.8 Å². The SMILES string of the molecule is C[C@H](NC(=O)COC(=O)c1ccccc1SC[C@H]1CCCO1)c1ccccc1. The first-order valence-electron chi connectivity index (χ1n) is 9.48. The molecule has 2 atom stereocenters. The van der Waals surface area contributed by atoms with Crippen LogP contribution in [0, 0.1) is 0 Å². The standard InChI is InChI=1S/C22H25NO4S/c1-16(17-8-3-2-4-9-17)23-21(24)14-27-22(25)19-11-5-6-12-20(19)28-15-18-10-7-13-26-18/h2-6,8-9,11-12,16,18H,7,10,13-15H2,1H3,(H,23,24)/t16-,18+/m0/s1. The van der Waals surface area contributed by atoms with Crippen molar-refractivity contribution in [2.75, 3.05) is 19.0 Å². The Morgan fingerprint density at radius 1 is 1.18 bits per heavy atom. The zero-order chi connectivity index (χ0) is 19.8. The summed E-state index contributed by atoms with van der Waals surface area (Å²) >= 11 is 1.59. The van der Waals surface area contributed by atoms with Crippen LogP contribution in [0.5, 0.6) is 0 Å². The zero-order valence-electron chi connectivity index (χ0n) is 15.9. The van der Waals surface area contributed by atoms with Gasteiger partial charge in [0.05, 0.1) is 17.7 Å². The Bertz CT molecular complexity index is 790. The maximum atomic E-state index is 12.5. The van der Waals surface area contributed by atoms with Gasteiger partial charge in [0.1, 0.15) is 0 Å². The van der Waals surface area contributed by atoms with Crippen molar-refractivity contribution < 1.29 is 19.1 Å². The van der Waals surface area contributed by atoms with Crippen molar-refractivity contribution in [3.63, 3.8) is 0 Å². The molecule has 1 fully saturated rings. The van der Waals surface area contributed by atoms with Gasteiger partial charge >= 0.3 is 5.97 Å². The average molecular weight is 400 g/mol. The number of carbonyl (C=O) groups is 2. The molecule has 0 bridgehead atoms. The van der Waals surface area contributed by atoms with E-state index in [9.17, 15) is 9.59 Å². The van der Waals surface area contributed by atoms with Crippen LogP contribution in [0.25, 0.3) is 0 Å². The predicted octanol–water partition coefficient (Wildman–Crippen LogP) is 3.99. The Hall–Kier alpha value is -2.31. The number of nitrogens with one attached hydrogen (secondary N) is 1. The van der Waals surface area contributed by atoms with Gasteiger partial charge in [-0.05, 0) is 37.5 Å². The number of ether oxygens (including phenoxy) is 2. The number of hydrogen-bond donors (Lipinski definition) is 1. The molecule has 2 aromatic carbocycles. The molecular weight excluding hydrogens is 374 g/mol. The third-order valence-corrected chi connectivity index (χ3v) is 5.77. The fourth-order valence-corrected chi connectivity index (χ4v) is 4.15. The highest BCUT2D eigenvalue weighted by molar-refractivity contribution is 7.99. The van der Waals surface area contributed by atoms with E-state index in [1.54, 1.807) is 23.9 Å². The lowest BCUT2D eigenvalue weighted by atomic mass is 10.1. The molecule has 1 saturated heterocycles. The first-order valence-corrected chi connectivity index (χ1v) is 10.5. The topological polar surface area (TPSA) is 64.6 Å². The molecule has 1 heterocycles. The first kappa shape index (κ1) is 20.4. The van der Waals surface area contributed by atoms with Crippen LogP contribution in [-0.2, 0) is 14.3 Å². The lowest BCUT2D eigenvalue weighted by Crippen LogP contribution is -2.31. The van der Waals surface area contributed by atoms with Gasteiger partial charge in [-0.3, -0.25) is 4.79 Å².